The van der Waals surface area contributed by atoms with Crippen LogP contribution in [-0.2, 0) is 16.1 Å². The van der Waals surface area contributed by atoms with Crippen LogP contribution in [-0.4, -0.2) is 24.4 Å². The summed E-state index contributed by atoms with van der Waals surface area (Å²) in [4.78, 5) is 10.7. The first-order valence-corrected chi connectivity index (χ1v) is 8.89. The maximum Gasteiger partial charge on any atom is 0.409 e. The van der Waals surface area contributed by atoms with Gasteiger partial charge in [0.2, 0.25) is 0 Å². The Morgan fingerprint density at radius 1 is 1.22 bits per heavy atom. The Kier molecular flexibility index (Phi) is 4.96. The molecular weight excluding hydrogens is 353 g/mol. The van der Waals surface area contributed by atoms with Crippen LogP contribution in [0.5, 0.6) is 5.75 Å². The largest absolute Gasteiger partial charge is 0.486 e. The van der Waals surface area contributed by atoms with Crippen LogP contribution in [0.4, 0.5) is 14.9 Å². The second kappa shape index (κ2) is 7.54. The second-order valence-electron chi connectivity index (χ2n) is 6.65. The van der Waals surface area contributed by atoms with Crippen molar-refractivity contribution in [3.05, 3.63) is 58.9 Å². The number of hydrogen-bond acceptors (Lipinski definition) is 4. The lowest BCUT2D eigenvalue weighted by Crippen LogP contribution is -2.09. The molecule has 7 heteroatoms. The van der Waals surface area contributed by atoms with Gasteiger partial charge >= 0.3 is 6.09 Å². The highest BCUT2D eigenvalue weighted by atomic mass is 19.1. The van der Waals surface area contributed by atoms with Crippen molar-refractivity contribution < 1.29 is 28.5 Å². The Morgan fingerprint density at radius 2 is 2.00 bits per heavy atom. The molecule has 2 aromatic rings. The number of carboxylic acid groups (broad SMARTS) is 1. The summed E-state index contributed by atoms with van der Waals surface area (Å²) in [5, 5.41) is 11.1. The lowest BCUT2D eigenvalue weighted by Gasteiger charge is -2.18. The summed E-state index contributed by atoms with van der Waals surface area (Å²) in [5.74, 6) is 0.0336. The summed E-state index contributed by atoms with van der Waals surface area (Å²) in [5.41, 5.74) is 2.52. The summed E-state index contributed by atoms with van der Waals surface area (Å²) in [6, 6.07) is 10.3. The van der Waals surface area contributed by atoms with Crippen LogP contribution < -0.4 is 10.1 Å². The van der Waals surface area contributed by atoms with Crippen molar-refractivity contribution in [3.8, 4) is 5.75 Å². The lowest BCUT2D eigenvalue weighted by molar-refractivity contribution is -0.0474. The highest BCUT2D eigenvalue weighted by Gasteiger charge is 2.34. The molecule has 2 aliphatic rings. The molecule has 2 N–H and O–H groups in total. The predicted octanol–water partition coefficient (Wildman–Crippen LogP) is 4.42. The van der Waals surface area contributed by atoms with E-state index in [1.54, 1.807) is 30.3 Å². The molecule has 0 atom stereocenters. The van der Waals surface area contributed by atoms with E-state index >= 15 is 4.39 Å². The Balaban J connectivity index is 1.54. The van der Waals surface area contributed by atoms with Crippen molar-refractivity contribution in [2.45, 2.75) is 31.7 Å². The van der Waals surface area contributed by atoms with E-state index in [0.29, 0.717) is 30.4 Å². The number of halogens is 1. The third-order valence-corrected chi connectivity index (χ3v) is 4.63. The van der Waals surface area contributed by atoms with Gasteiger partial charge in [-0.3, -0.25) is 5.32 Å². The number of carbonyl (C=O) groups is 1. The molecule has 4 rings (SSSR count). The number of rotatable bonds is 6. The van der Waals surface area contributed by atoms with Crippen LogP contribution in [0, 0.1) is 5.82 Å². The summed E-state index contributed by atoms with van der Waals surface area (Å²) in [6.45, 7) is 1.01. The first-order chi connectivity index (χ1) is 13.1. The van der Waals surface area contributed by atoms with E-state index in [2.05, 4.69) is 5.32 Å². The molecule has 0 aromatic heterocycles. The summed E-state index contributed by atoms with van der Waals surface area (Å²) in [6.07, 6.45) is 0.258. The van der Waals surface area contributed by atoms with E-state index < -0.39 is 18.2 Å². The zero-order valence-electron chi connectivity index (χ0n) is 14.6. The molecule has 0 unspecified atom stereocenters. The van der Waals surface area contributed by atoms with Crippen LogP contribution in [0.1, 0.15) is 41.7 Å². The molecular formula is C20H20FNO5. The molecule has 2 aromatic carbocycles. The Hall–Kier alpha value is -2.64. The fourth-order valence-corrected chi connectivity index (χ4v) is 3.24. The number of amides is 1. The van der Waals surface area contributed by atoms with Crippen molar-refractivity contribution >= 4 is 11.8 Å². The topological polar surface area (TPSA) is 77.0 Å². The molecule has 2 fully saturated rings. The SMILES string of the molecule is O=C(O)Nc1cccc(COc2ccc(C3CC3)c(C3OCCO3)c2F)c1. The molecule has 1 saturated heterocycles. The van der Waals surface area contributed by atoms with Gasteiger partial charge in [0.05, 0.1) is 18.8 Å². The molecule has 142 valence electrons. The number of anilines is 1. The Labute approximate surface area is 155 Å². The van der Waals surface area contributed by atoms with E-state index in [0.717, 1.165) is 24.0 Å². The van der Waals surface area contributed by atoms with E-state index in [1.807, 2.05) is 6.07 Å². The molecule has 0 spiro atoms. The third-order valence-electron chi connectivity index (χ3n) is 4.63. The van der Waals surface area contributed by atoms with Gasteiger partial charge in [0.1, 0.15) is 6.61 Å². The standard InChI is InChI=1S/C20H20FNO5/c21-18-16(27-11-12-2-1-3-14(10-12)22-20(23)24)7-6-15(13-4-5-13)17(18)19-25-8-9-26-19/h1-3,6-7,10,13,19,22H,4-5,8-9,11H2,(H,23,24). The highest BCUT2D eigenvalue weighted by Crippen LogP contribution is 2.46. The second-order valence-corrected chi connectivity index (χ2v) is 6.65. The van der Waals surface area contributed by atoms with E-state index in [-0.39, 0.29) is 12.4 Å². The average Bonchev–Trinajstić information content (AvgIpc) is 3.35. The van der Waals surface area contributed by atoms with Crippen LogP contribution in [0.15, 0.2) is 36.4 Å². The molecule has 1 saturated carbocycles. The van der Waals surface area contributed by atoms with Gasteiger partial charge in [-0.1, -0.05) is 18.2 Å². The third kappa shape index (κ3) is 4.04. The molecule has 1 aliphatic carbocycles. The Morgan fingerprint density at radius 3 is 2.70 bits per heavy atom. The van der Waals surface area contributed by atoms with Crippen LogP contribution in [0.2, 0.25) is 0 Å². The van der Waals surface area contributed by atoms with E-state index in [4.69, 9.17) is 19.3 Å². The van der Waals surface area contributed by atoms with Crippen molar-refractivity contribution in [2.24, 2.45) is 0 Å². The minimum atomic E-state index is -1.14. The van der Waals surface area contributed by atoms with Crippen molar-refractivity contribution in [3.63, 3.8) is 0 Å². The molecule has 1 aliphatic heterocycles. The maximum atomic E-state index is 15.2. The smallest absolute Gasteiger partial charge is 0.409 e. The van der Waals surface area contributed by atoms with E-state index in [9.17, 15) is 4.79 Å². The first kappa shape index (κ1) is 17.8. The fourth-order valence-electron chi connectivity index (χ4n) is 3.24. The van der Waals surface area contributed by atoms with Crippen LogP contribution in [0.3, 0.4) is 0 Å². The summed E-state index contributed by atoms with van der Waals surface area (Å²) < 4.78 is 31.9. The molecule has 1 amide bonds. The van der Waals surface area contributed by atoms with Gasteiger partial charge in [-0.25, -0.2) is 9.18 Å². The van der Waals surface area contributed by atoms with Gasteiger partial charge in [-0.15, -0.1) is 0 Å². The molecule has 6 nitrogen and oxygen atoms in total. The van der Waals surface area contributed by atoms with E-state index in [1.165, 1.54) is 0 Å². The van der Waals surface area contributed by atoms with Gasteiger partial charge in [-0.05, 0) is 48.1 Å². The van der Waals surface area contributed by atoms with Crippen molar-refractivity contribution in [1.82, 2.24) is 0 Å². The van der Waals surface area contributed by atoms with Crippen molar-refractivity contribution in [2.75, 3.05) is 18.5 Å². The zero-order chi connectivity index (χ0) is 18.8. The number of nitrogens with one attached hydrogen (secondary N) is 1. The van der Waals surface area contributed by atoms with Gasteiger partial charge < -0.3 is 19.3 Å². The summed E-state index contributed by atoms with van der Waals surface area (Å²) in [7, 11) is 0. The van der Waals surface area contributed by atoms with Crippen LogP contribution in [0.25, 0.3) is 0 Å². The highest BCUT2D eigenvalue weighted by molar-refractivity contribution is 5.82. The lowest BCUT2D eigenvalue weighted by atomic mass is 10.0. The van der Waals surface area contributed by atoms with Gasteiger partial charge in [0.25, 0.3) is 0 Å². The minimum Gasteiger partial charge on any atom is -0.486 e. The predicted molar refractivity (Wildman–Crippen MR) is 95.4 cm³/mol. The van der Waals surface area contributed by atoms with Gasteiger partial charge in [0.15, 0.2) is 17.9 Å². The van der Waals surface area contributed by atoms with Crippen LogP contribution >= 0.6 is 0 Å². The molecule has 0 radical (unpaired) electrons. The van der Waals surface area contributed by atoms with Gasteiger partial charge in [0, 0.05) is 5.69 Å². The number of benzene rings is 2. The normalized spacial score (nSPS) is 17.1. The van der Waals surface area contributed by atoms with Gasteiger partial charge in [-0.2, -0.15) is 0 Å². The van der Waals surface area contributed by atoms with Crippen molar-refractivity contribution in [1.29, 1.82) is 0 Å². The number of hydrogen-bond donors (Lipinski definition) is 2. The Bertz CT molecular complexity index is 846. The fraction of sp³-hybridized carbons (Fsp3) is 0.350. The zero-order valence-corrected chi connectivity index (χ0v) is 14.6. The minimum absolute atomic E-state index is 0.112. The molecule has 27 heavy (non-hydrogen) atoms. The number of ether oxygens (including phenoxy) is 3. The first-order valence-electron chi connectivity index (χ1n) is 8.89. The maximum absolute atomic E-state index is 15.2. The molecule has 1 heterocycles. The summed E-state index contributed by atoms with van der Waals surface area (Å²) >= 11 is 0. The quantitative estimate of drug-likeness (QED) is 0.784. The monoisotopic (exact) mass is 373 g/mol. The molecule has 0 bridgehead atoms. The average molecular weight is 373 g/mol.